The highest BCUT2D eigenvalue weighted by atomic mass is 79.9. The molecule has 0 N–H and O–H groups in total. The van der Waals surface area contributed by atoms with Crippen LogP contribution >= 0.6 is 15.9 Å². The molecule has 0 aromatic heterocycles. The molecule has 3 heteroatoms. The first-order valence-electron chi connectivity index (χ1n) is 6.41. The van der Waals surface area contributed by atoms with Gasteiger partial charge in [0.05, 0.1) is 11.6 Å². The smallest absolute Gasteiger partial charge is 0.0991 e. The zero-order chi connectivity index (χ0) is 13.0. The van der Waals surface area contributed by atoms with E-state index in [0.29, 0.717) is 5.41 Å². The SMILES string of the molecule is CN(Cc1cccc(C#N)c1)CC1(CBr)CCC1. The van der Waals surface area contributed by atoms with Gasteiger partial charge in [0.15, 0.2) is 0 Å². The number of nitriles is 1. The molecule has 2 nitrogen and oxygen atoms in total. The summed E-state index contributed by atoms with van der Waals surface area (Å²) in [5.41, 5.74) is 2.46. The number of benzene rings is 1. The highest BCUT2D eigenvalue weighted by Gasteiger charge is 2.36. The minimum absolute atomic E-state index is 0.488. The maximum Gasteiger partial charge on any atom is 0.0991 e. The van der Waals surface area contributed by atoms with Gasteiger partial charge in [0.25, 0.3) is 0 Å². The van der Waals surface area contributed by atoms with Crippen LogP contribution in [0.25, 0.3) is 0 Å². The fourth-order valence-electron chi connectivity index (χ4n) is 2.69. The zero-order valence-corrected chi connectivity index (χ0v) is 12.4. The lowest BCUT2D eigenvalue weighted by Crippen LogP contribution is -2.41. The molecule has 18 heavy (non-hydrogen) atoms. The lowest BCUT2D eigenvalue weighted by molar-refractivity contribution is 0.102. The third-order valence-electron chi connectivity index (χ3n) is 3.81. The molecule has 0 amide bonds. The van der Waals surface area contributed by atoms with Crippen LogP contribution in [0, 0.1) is 16.7 Å². The van der Waals surface area contributed by atoms with Crippen molar-refractivity contribution in [3.63, 3.8) is 0 Å². The van der Waals surface area contributed by atoms with Gasteiger partial charge in [0.1, 0.15) is 0 Å². The summed E-state index contributed by atoms with van der Waals surface area (Å²) >= 11 is 3.65. The molecule has 1 fully saturated rings. The van der Waals surface area contributed by atoms with Crippen molar-refractivity contribution < 1.29 is 0 Å². The molecular weight excluding hydrogens is 288 g/mol. The van der Waals surface area contributed by atoms with E-state index in [-0.39, 0.29) is 0 Å². The molecule has 1 aliphatic carbocycles. The standard InChI is InChI=1S/C15H19BrN2/c1-18(12-15(11-16)6-3-7-15)10-14-5-2-4-13(8-14)9-17/h2,4-5,8H,3,6-7,10-12H2,1H3. The van der Waals surface area contributed by atoms with E-state index in [0.717, 1.165) is 24.0 Å². The minimum Gasteiger partial charge on any atom is -0.302 e. The molecule has 1 aromatic rings. The van der Waals surface area contributed by atoms with Gasteiger partial charge in [-0.2, -0.15) is 5.26 Å². The van der Waals surface area contributed by atoms with Crippen LogP contribution in [-0.2, 0) is 6.54 Å². The van der Waals surface area contributed by atoms with Crippen LogP contribution < -0.4 is 0 Å². The molecule has 0 saturated heterocycles. The summed E-state index contributed by atoms with van der Waals surface area (Å²) in [6, 6.07) is 10.1. The maximum atomic E-state index is 8.90. The molecule has 0 aliphatic heterocycles. The second-order valence-corrected chi connectivity index (χ2v) is 6.03. The summed E-state index contributed by atoms with van der Waals surface area (Å²) in [5.74, 6) is 0. The van der Waals surface area contributed by atoms with Crippen molar-refractivity contribution in [2.24, 2.45) is 5.41 Å². The van der Waals surface area contributed by atoms with Crippen molar-refractivity contribution >= 4 is 15.9 Å². The summed E-state index contributed by atoms with van der Waals surface area (Å²) in [4.78, 5) is 2.37. The Balaban J connectivity index is 1.94. The van der Waals surface area contributed by atoms with E-state index < -0.39 is 0 Å². The summed E-state index contributed by atoms with van der Waals surface area (Å²) in [6.45, 7) is 2.05. The molecule has 1 aromatic carbocycles. The molecule has 0 spiro atoms. The fourth-order valence-corrected chi connectivity index (χ4v) is 3.43. The second-order valence-electron chi connectivity index (χ2n) is 5.47. The third-order valence-corrected chi connectivity index (χ3v) is 5.00. The summed E-state index contributed by atoms with van der Waals surface area (Å²) in [7, 11) is 2.17. The van der Waals surface area contributed by atoms with Crippen molar-refractivity contribution in [2.45, 2.75) is 25.8 Å². The van der Waals surface area contributed by atoms with Gasteiger partial charge in [-0.3, -0.25) is 0 Å². The van der Waals surface area contributed by atoms with Crippen molar-refractivity contribution in [2.75, 3.05) is 18.9 Å². The molecule has 0 radical (unpaired) electrons. The normalized spacial score (nSPS) is 17.2. The highest BCUT2D eigenvalue weighted by molar-refractivity contribution is 9.09. The van der Waals surface area contributed by atoms with Crippen LogP contribution in [0.2, 0.25) is 0 Å². The zero-order valence-electron chi connectivity index (χ0n) is 10.8. The van der Waals surface area contributed by atoms with Gasteiger partial charge in [0.2, 0.25) is 0 Å². The first-order valence-corrected chi connectivity index (χ1v) is 7.53. The maximum absolute atomic E-state index is 8.90. The molecule has 96 valence electrons. The van der Waals surface area contributed by atoms with Crippen LogP contribution in [-0.4, -0.2) is 23.8 Å². The summed E-state index contributed by atoms with van der Waals surface area (Å²) in [6.07, 6.45) is 4.03. The molecular formula is C15H19BrN2. The number of rotatable bonds is 5. The number of alkyl halides is 1. The van der Waals surface area contributed by atoms with Crippen LogP contribution in [0.3, 0.4) is 0 Å². The van der Waals surface area contributed by atoms with E-state index in [4.69, 9.17) is 5.26 Å². The Morgan fingerprint density at radius 3 is 2.78 bits per heavy atom. The van der Waals surface area contributed by atoms with E-state index in [2.05, 4.69) is 40.0 Å². The quantitative estimate of drug-likeness (QED) is 0.778. The molecule has 1 saturated carbocycles. The average Bonchev–Trinajstić information content (AvgIpc) is 2.34. The van der Waals surface area contributed by atoms with Crippen molar-refractivity contribution in [1.29, 1.82) is 5.26 Å². The molecule has 0 unspecified atom stereocenters. The Morgan fingerprint density at radius 1 is 1.44 bits per heavy atom. The number of nitrogens with zero attached hydrogens (tertiary/aromatic N) is 2. The Bertz CT molecular complexity index is 441. The molecule has 0 bridgehead atoms. The monoisotopic (exact) mass is 306 g/mol. The van der Waals surface area contributed by atoms with Crippen molar-refractivity contribution in [3.05, 3.63) is 35.4 Å². The lowest BCUT2D eigenvalue weighted by atomic mass is 9.70. The second kappa shape index (κ2) is 5.86. The van der Waals surface area contributed by atoms with Crippen LogP contribution in [0.15, 0.2) is 24.3 Å². The van der Waals surface area contributed by atoms with E-state index in [1.165, 1.54) is 24.8 Å². The van der Waals surface area contributed by atoms with Gasteiger partial charge in [-0.15, -0.1) is 0 Å². The van der Waals surface area contributed by atoms with Crippen LogP contribution in [0.4, 0.5) is 0 Å². The van der Waals surface area contributed by atoms with E-state index >= 15 is 0 Å². The highest BCUT2D eigenvalue weighted by Crippen LogP contribution is 2.42. The Morgan fingerprint density at radius 2 is 2.22 bits per heavy atom. The summed E-state index contributed by atoms with van der Waals surface area (Å²) < 4.78 is 0. The predicted molar refractivity (Wildman–Crippen MR) is 77.6 cm³/mol. The fraction of sp³-hybridized carbons (Fsp3) is 0.533. The van der Waals surface area contributed by atoms with Crippen LogP contribution in [0.5, 0.6) is 0 Å². The molecule has 1 aliphatic rings. The predicted octanol–water partition coefficient (Wildman–Crippen LogP) is 3.56. The van der Waals surface area contributed by atoms with Crippen molar-refractivity contribution in [1.82, 2.24) is 4.90 Å². The Kier molecular flexibility index (Phi) is 4.42. The first-order chi connectivity index (χ1) is 8.67. The van der Waals surface area contributed by atoms with E-state index in [1.807, 2.05) is 18.2 Å². The Labute approximate surface area is 118 Å². The largest absolute Gasteiger partial charge is 0.302 e. The van der Waals surface area contributed by atoms with E-state index in [9.17, 15) is 0 Å². The first kappa shape index (κ1) is 13.6. The number of hydrogen-bond donors (Lipinski definition) is 0. The Hall–Kier alpha value is -0.850. The molecule has 2 rings (SSSR count). The van der Waals surface area contributed by atoms with Gasteiger partial charge in [-0.25, -0.2) is 0 Å². The third kappa shape index (κ3) is 3.13. The van der Waals surface area contributed by atoms with Crippen LogP contribution in [0.1, 0.15) is 30.4 Å². The van der Waals surface area contributed by atoms with Gasteiger partial charge in [-0.1, -0.05) is 34.5 Å². The van der Waals surface area contributed by atoms with E-state index in [1.54, 1.807) is 0 Å². The molecule has 0 heterocycles. The minimum atomic E-state index is 0.488. The average molecular weight is 307 g/mol. The number of hydrogen-bond acceptors (Lipinski definition) is 2. The van der Waals surface area contributed by atoms with Gasteiger partial charge < -0.3 is 4.90 Å². The van der Waals surface area contributed by atoms with Gasteiger partial charge in [0, 0.05) is 18.4 Å². The lowest BCUT2D eigenvalue weighted by Gasteiger charge is -2.43. The summed E-state index contributed by atoms with van der Waals surface area (Å²) in [5, 5.41) is 10.00. The number of halogens is 1. The molecule has 0 atom stereocenters. The topological polar surface area (TPSA) is 27.0 Å². The van der Waals surface area contributed by atoms with Crippen molar-refractivity contribution in [3.8, 4) is 6.07 Å². The van der Waals surface area contributed by atoms with Gasteiger partial charge in [-0.05, 0) is 43.0 Å². The van der Waals surface area contributed by atoms with Gasteiger partial charge >= 0.3 is 0 Å².